The molecule has 1 amide bonds. The van der Waals surface area contributed by atoms with Gasteiger partial charge in [-0.25, -0.2) is 0 Å². The van der Waals surface area contributed by atoms with Gasteiger partial charge >= 0.3 is 0 Å². The van der Waals surface area contributed by atoms with Gasteiger partial charge < -0.3 is 15.3 Å². The number of carbonyl (C=O) groups excluding carboxylic acids is 1. The second kappa shape index (κ2) is 4.92. The number of nitrogens with one attached hydrogen (secondary N) is 1. The highest BCUT2D eigenvalue weighted by Gasteiger charge is 2.35. The first-order valence-corrected chi connectivity index (χ1v) is 7.13. The lowest BCUT2D eigenvalue weighted by Crippen LogP contribution is -2.51. The van der Waals surface area contributed by atoms with Gasteiger partial charge in [0.1, 0.15) is 5.69 Å². The summed E-state index contributed by atoms with van der Waals surface area (Å²) in [5, 5.41) is 11.9. The molecule has 2 N–H and O–H groups in total. The van der Waals surface area contributed by atoms with Gasteiger partial charge in [0.25, 0.3) is 10.9 Å². The molecule has 2 aliphatic heterocycles. The van der Waals surface area contributed by atoms with Gasteiger partial charge in [0.15, 0.2) is 5.75 Å². The highest BCUT2D eigenvalue weighted by Crippen LogP contribution is 2.35. The Morgan fingerprint density at radius 3 is 2.45 bits per heavy atom. The van der Waals surface area contributed by atoms with Gasteiger partial charge in [0, 0.05) is 25.6 Å². The predicted molar refractivity (Wildman–Crippen MR) is 73.6 cm³/mol. The number of aromatic hydroxyl groups is 1. The zero-order valence-corrected chi connectivity index (χ0v) is 11.2. The summed E-state index contributed by atoms with van der Waals surface area (Å²) in [6.07, 6.45) is 4.93. The van der Waals surface area contributed by atoms with Crippen molar-refractivity contribution in [3.05, 3.63) is 20.4 Å². The Hall–Kier alpha value is -1.85. The minimum atomic E-state index is -0.854. The number of piperidine rings is 2. The molecule has 1 aromatic carbocycles. The molecule has 3 fully saturated rings. The Labute approximate surface area is 116 Å². The first-order chi connectivity index (χ1) is 9.58. The highest BCUT2D eigenvalue weighted by atomic mass is 16.3. The molecule has 0 unspecified atom stereocenters. The van der Waals surface area contributed by atoms with E-state index in [2.05, 4.69) is 5.32 Å². The van der Waals surface area contributed by atoms with Crippen LogP contribution in [0.3, 0.4) is 0 Å². The molecule has 108 valence electrons. The normalized spacial score (nSPS) is 25.1. The average Bonchev–Trinajstić information content (AvgIpc) is 2.51. The molecule has 4 rings (SSSR count). The van der Waals surface area contributed by atoms with Gasteiger partial charge in [-0.2, -0.15) is 0 Å². The summed E-state index contributed by atoms with van der Waals surface area (Å²) in [4.78, 5) is 36.1. The van der Waals surface area contributed by atoms with E-state index in [-0.39, 0.29) is 24.6 Å². The number of nitrogens with zero attached hydrogens (tertiary/aromatic N) is 1. The van der Waals surface area contributed by atoms with Crippen LogP contribution >= 0.6 is 0 Å². The van der Waals surface area contributed by atoms with Gasteiger partial charge in [0.2, 0.25) is 5.91 Å². The molecule has 0 aromatic heterocycles. The second-order valence-electron chi connectivity index (χ2n) is 5.78. The highest BCUT2D eigenvalue weighted by molar-refractivity contribution is 5.77. The minimum absolute atomic E-state index is 0.0528. The van der Waals surface area contributed by atoms with Crippen LogP contribution in [-0.4, -0.2) is 35.0 Å². The van der Waals surface area contributed by atoms with Crippen molar-refractivity contribution in [2.24, 2.45) is 5.92 Å². The summed E-state index contributed by atoms with van der Waals surface area (Å²) >= 11 is 0. The maximum Gasteiger partial charge on any atom is 0.271 e. The fraction of sp³-hybridized carbons (Fsp3) is 0.643. The maximum absolute atomic E-state index is 12.2. The lowest BCUT2D eigenvalue weighted by atomic mass is 9.80. The first-order valence-electron chi connectivity index (χ1n) is 7.13. The van der Waals surface area contributed by atoms with Crippen LogP contribution in [0.4, 0.5) is 5.69 Å². The maximum atomic E-state index is 12.2. The molecule has 2 heterocycles. The Kier molecular flexibility index (Phi) is 3.23. The predicted octanol–water partition coefficient (Wildman–Crippen LogP) is 0.191. The van der Waals surface area contributed by atoms with Crippen LogP contribution in [-0.2, 0) is 4.79 Å². The molecule has 6 heteroatoms. The first kappa shape index (κ1) is 13.1. The topological polar surface area (TPSA) is 86.7 Å². The van der Waals surface area contributed by atoms with E-state index in [0.717, 1.165) is 19.4 Å². The Morgan fingerprint density at radius 2 is 1.90 bits per heavy atom. The molecule has 0 atom stereocenters. The van der Waals surface area contributed by atoms with Crippen molar-refractivity contribution in [2.75, 3.05) is 18.4 Å². The number of hydrogen-bond donors (Lipinski definition) is 2. The third kappa shape index (κ3) is 2.09. The minimum Gasteiger partial charge on any atom is -0.502 e. The van der Waals surface area contributed by atoms with Crippen molar-refractivity contribution >= 4 is 11.6 Å². The van der Waals surface area contributed by atoms with Crippen LogP contribution < -0.4 is 16.2 Å². The van der Waals surface area contributed by atoms with Crippen molar-refractivity contribution in [2.45, 2.75) is 38.1 Å². The molecule has 2 bridgehead atoms. The summed E-state index contributed by atoms with van der Waals surface area (Å²) < 4.78 is 0. The molecule has 0 radical (unpaired) electrons. The fourth-order valence-electron chi connectivity index (χ4n) is 3.35. The zero-order valence-electron chi connectivity index (χ0n) is 11.2. The van der Waals surface area contributed by atoms with E-state index in [4.69, 9.17) is 0 Å². The summed E-state index contributed by atoms with van der Waals surface area (Å²) in [6.45, 7) is 1.12. The number of carbonyl (C=O) groups is 1. The van der Waals surface area contributed by atoms with Crippen molar-refractivity contribution in [1.82, 2.24) is 4.90 Å². The summed E-state index contributed by atoms with van der Waals surface area (Å²) in [7, 11) is 0. The molecule has 3 aliphatic rings. The number of rotatable bonds is 4. The van der Waals surface area contributed by atoms with E-state index in [1.807, 2.05) is 4.90 Å². The van der Waals surface area contributed by atoms with E-state index in [1.165, 1.54) is 12.8 Å². The molecule has 2 saturated heterocycles. The third-order valence-electron chi connectivity index (χ3n) is 4.56. The van der Waals surface area contributed by atoms with Crippen LogP contribution in [0.5, 0.6) is 5.75 Å². The number of anilines is 1. The Morgan fingerprint density at radius 1 is 1.20 bits per heavy atom. The van der Waals surface area contributed by atoms with Crippen LogP contribution in [0.25, 0.3) is 0 Å². The average molecular weight is 278 g/mol. The standard InChI is InChI=1S/C14H18N2O4/c17-10(16-7-8-1-3-9(16)4-2-8)5-6-15-11-12(18)14(20)13(11)19/h8-9,15,18H,1-7H2. The van der Waals surface area contributed by atoms with Crippen molar-refractivity contribution in [3.8, 4) is 5.75 Å². The molecule has 1 aliphatic carbocycles. The monoisotopic (exact) mass is 278 g/mol. The second-order valence-corrected chi connectivity index (χ2v) is 5.78. The SMILES string of the molecule is O=C(CCNc1c(O)c(=O)c1=O)N1CC2CCC1CC2. The molecular weight excluding hydrogens is 260 g/mol. The zero-order chi connectivity index (χ0) is 14.3. The van der Waals surface area contributed by atoms with Gasteiger partial charge in [-0.3, -0.25) is 14.4 Å². The molecule has 6 nitrogen and oxygen atoms in total. The van der Waals surface area contributed by atoms with Crippen molar-refractivity contribution < 1.29 is 9.90 Å². The van der Waals surface area contributed by atoms with Crippen molar-refractivity contribution in [1.29, 1.82) is 0 Å². The van der Waals surface area contributed by atoms with Crippen LogP contribution in [0.15, 0.2) is 9.59 Å². The number of hydrogen-bond acceptors (Lipinski definition) is 5. The van der Waals surface area contributed by atoms with E-state index in [0.29, 0.717) is 12.0 Å². The molecule has 1 saturated carbocycles. The number of amides is 1. The van der Waals surface area contributed by atoms with Crippen LogP contribution in [0, 0.1) is 5.92 Å². The molecule has 0 spiro atoms. The van der Waals surface area contributed by atoms with Crippen LogP contribution in [0.1, 0.15) is 32.1 Å². The molecule has 20 heavy (non-hydrogen) atoms. The Bertz CT molecular complexity index is 595. The lowest BCUT2D eigenvalue weighted by Gasteiger charge is -2.45. The summed E-state index contributed by atoms with van der Waals surface area (Å²) in [6, 6.07) is 0.382. The van der Waals surface area contributed by atoms with Gasteiger partial charge in [-0.15, -0.1) is 0 Å². The van der Waals surface area contributed by atoms with Gasteiger partial charge in [-0.1, -0.05) is 0 Å². The van der Waals surface area contributed by atoms with Gasteiger partial charge in [-0.05, 0) is 31.6 Å². The van der Waals surface area contributed by atoms with Crippen molar-refractivity contribution in [3.63, 3.8) is 0 Å². The largest absolute Gasteiger partial charge is 0.502 e. The lowest BCUT2D eigenvalue weighted by molar-refractivity contribution is -0.138. The quantitative estimate of drug-likeness (QED) is 0.768. The summed E-state index contributed by atoms with van der Waals surface area (Å²) in [5.41, 5.74) is -1.61. The smallest absolute Gasteiger partial charge is 0.271 e. The van der Waals surface area contributed by atoms with Gasteiger partial charge in [0.05, 0.1) is 0 Å². The Balaban J connectivity index is 1.51. The van der Waals surface area contributed by atoms with E-state index in [1.54, 1.807) is 0 Å². The molecule has 1 aromatic rings. The molecular formula is C14H18N2O4. The third-order valence-corrected chi connectivity index (χ3v) is 4.56. The fourth-order valence-corrected chi connectivity index (χ4v) is 3.35. The van der Waals surface area contributed by atoms with E-state index >= 15 is 0 Å². The van der Waals surface area contributed by atoms with E-state index < -0.39 is 16.6 Å². The van der Waals surface area contributed by atoms with E-state index in [9.17, 15) is 19.5 Å². The summed E-state index contributed by atoms with van der Waals surface area (Å²) in [5.74, 6) is 0.221. The number of fused-ring (bicyclic) bond motifs is 3. The van der Waals surface area contributed by atoms with Crippen LogP contribution in [0.2, 0.25) is 0 Å².